The topological polar surface area (TPSA) is 42.0 Å². The van der Waals surface area contributed by atoms with E-state index < -0.39 is 0 Å². The molecule has 17 heavy (non-hydrogen) atoms. The number of hydrogen-bond acceptors (Lipinski definition) is 2. The monoisotopic (exact) mass is 298 g/mol. The predicted molar refractivity (Wildman–Crippen MR) is 73.6 cm³/mol. The molecule has 1 unspecified atom stereocenters. The smallest absolute Gasteiger partial charge is 0.253 e. The Morgan fingerprint density at radius 3 is 2.76 bits per heavy atom. The fraction of sp³-hybridized carbons (Fsp3) is 0.538. The first-order valence-corrected chi connectivity index (χ1v) is 6.95. The Bertz CT molecular complexity index is 393. The number of nitrogens with zero attached hydrogens (tertiary/aromatic N) is 1. The first-order valence-electron chi connectivity index (χ1n) is 5.83. The Morgan fingerprint density at radius 2 is 2.18 bits per heavy atom. The summed E-state index contributed by atoms with van der Waals surface area (Å²) in [6.45, 7) is 6.62. The Morgan fingerprint density at radius 1 is 1.47 bits per heavy atom. The van der Waals surface area contributed by atoms with Crippen molar-refractivity contribution in [1.29, 1.82) is 0 Å². The van der Waals surface area contributed by atoms with Crippen LogP contribution in [0.3, 0.4) is 0 Å². The summed E-state index contributed by atoms with van der Waals surface area (Å²) in [4.78, 5) is 16.2. The van der Waals surface area contributed by atoms with Crippen molar-refractivity contribution in [3.8, 4) is 0 Å². The van der Waals surface area contributed by atoms with Gasteiger partial charge in [0.15, 0.2) is 0 Å². The van der Waals surface area contributed by atoms with E-state index in [1.165, 1.54) is 0 Å². The van der Waals surface area contributed by atoms with Gasteiger partial charge in [-0.25, -0.2) is 0 Å². The van der Waals surface area contributed by atoms with Gasteiger partial charge in [-0.05, 0) is 38.3 Å². The van der Waals surface area contributed by atoms with E-state index in [0.29, 0.717) is 18.0 Å². The molecule has 1 amide bonds. The van der Waals surface area contributed by atoms with Gasteiger partial charge < -0.3 is 5.32 Å². The van der Waals surface area contributed by atoms with Crippen LogP contribution in [-0.2, 0) is 0 Å². The second-order valence-electron chi connectivity index (χ2n) is 4.38. The number of halogens is 1. The van der Waals surface area contributed by atoms with Crippen LogP contribution >= 0.6 is 15.9 Å². The summed E-state index contributed by atoms with van der Waals surface area (Å²) in [5.41, 5.74) is 2.39. The molecule has 94 valence electrons. The van der Waals surface area contributed by atoms with Crippen LogP contribution in [0.5, 0.6) is 0 Å². The SMILES string of the molecule is Cc1ccc(C(=O)NCC(C)CCBr)c(C)n1. The van der Waals surface area contributed by atoms with E-state index in [-0.39, 0.29) is 5.91 Å². The highest BCUT2D eigenvalue weighted by Crippen LogP contribution is 2.07. The molecule has 0 saturated heterocycles. The number of amides is 1. The van der Waals surface area contributed by atoms with Crippen LogP contribution in [-0.4, -0.2) is 22.8 Å². The van der Waals surface area contributed by atoms with Crippen LogP contribution in [0.4, 0.5) is 0 Å². The number of aryl methyl sites for hydroxylation is 2. The lowest BCUT2D eigenvalue weighted by molar-refractivity contribution is 0.0947. The van der Waals surface area contributed by atoms with Crippen LogP contribution in [0, 0.1) is 19.8 Å². The summed E-state index contributed by atoms with van der Waals surface area (Å²) in [6, 6.07) is 3.70. The van der Waals surface area contributed by atoms with Gasteiger partial charge in [-0.15, -0.1) is 0 Å². The number of aromatic nitrogens is 1. The lowest BCUT2D eigenvalue weighted by Crippen LogP contribution is -2.29. The third kappa shape index (κ3) is 4.46. The molecule has 0 aromatic carbocycles. The molecule has 0 aliphatic rings. The van der Waals surface area contributed by atoms with Crippen LogP contribution in [0.15, 0.2) is 12.1 Å². The van der Waals surface area contributed by atoms with Crippen molar-refractivity contribution < 1.29 is 4.79 Å². The fourth-order valence-electron chi connectivity index (χ4n) is 1.58. The molecule has 4 heteroatoms. The van der Waals surface area contributed by atoms with Crippen molar-refractivity contribution in [2.45, 2.75) is 27.2 Å². The molecule has 0 spiro atoms. The van der Waals surface area contributed by atoms with E-state index in [1.807, 2.05) is 26.0 Å². The maximum atomic E-state index is 11.9. The average Bonchev–Trinajstić information content (AvgIpc) is 2.26. The standard InChI is InChI=1S/C13H19BrN2O/c1-9(6-7-14)8-15-13(17)12-5-4-10(2)16-11(12)3/h4-5,9H,6-8H2,1-3H3,(H,15,17). The Balaban J connectivity index is 2.58. The summed E-state index contributed by atoms with van der Waals surface area (Å²) in [5.74, 6) is 0.452. The number of pyridine rings is 1. The average molecular weight is 299 g/mol. The van der Waals surface area contributed by atoms with Gasteiger partial charge >= 0.3 is 0 Å². The lowest BCUT2D eigenvalue weighted by Gasteiger charge is -2.12. The molecule has 0 aliphatic carbocycles. The molecule has 0 saturated carbocycles. The molecular weight excluding hydrogens is 280 g/mol. The minimum atomic E-state index is -0.0311. The van der Waals surface area contributed by atoms with Crippen molar-refractivity contribution in [3.63, 3.8) is 0 Å². The number of carbonyl (C=O) groups is 1. The Labute approximate surface area is 111 Å². The molecule has 0 radical (unpaired) electrons. The molecule has 1 N–H and O–H groups in total. The van der Waals surface area contributed by atoms with Gasteiger partial charge in [0, 0.05) is 17.6 Å². The molecule has 1 aromatic heterocycles. The summed E-state index contributed by atoms with van der Waals surface area (Å²) in [6.07, 6.45) is 1.06. The molecule has 1 atom stereocenters. The molecule has 0 aliphatic heterocycles. The number of alkyl halides is 1. The second-order valence-corrected chi connectivity index (χ2v) is 5.17. The normalized spacial score (nSPS) is 12.2. The zero-order valence-electron chi connectivity index (χ0n) is 10.6. The molecule has 1 heterocycles. The first-order chi connectivity index (χ1) is 8.04. The highest BCUT2D eigenvalue weighted by Gasteiger charge is 2.10. The van der Waals surface area contributed by atoms with Crippen molar-refractivity contribution in [2.75, 3.05) is 11.9 Å². The molecule has 3 nitrogen and oxygen atoms in total. The Kier molecular flexibility index (Phi) is 5.62. The second kappa shape index (κ2) is 6.74. The third-order valence-corrected chi connectivity index (χ3v) is 3.14. The van der Waals surface area contributed by atoms with E-state index in [9.17, 15) is 4.79 Å². The third-order valence-electron chi connectivity index (χ3n) is 2.68. The van der Waals surface area contributed by atoms with Gasteiger partial charge in [-0.1, -0.05) is 22.9 Å². The van der Waals surface area contributed by atoms with Crippen molar-refractivity contribution in [1.82, 2.24) is 10.3 Å². The van der Waals surface area contributed by atoms with E-state index in [4.69, 9.17) is 0 Å². The highest BCUT2D eigenvalue weighted by atomic mass is 79.9. The first kappa shape index (κ1) is 14.2. The summed E-state index contributed by atoms with van der Waals surface area (Å²) >= 11 is 3.40. The molecule has 1 rings (SSSR count). The highest BCUT2D eigenvalue weighted by molar-refractivity contribution is 9.09. The van der Waals surface area contributed by atoms with Gasteiger partial charge in [-0.2, -0.15) is 0 Å². The molecular formula is C13H19BrN2O. The van der Waals surface area contributed by atoms with Crippen molar-refractivity contribution in [2.24, 2.45) is 5.92 Å². The van der Waals surface area contributed by atoms with E-state index in [1.54, 1.807) is 0 Å². The van der Waals surface area contributed by atoms with E-state index in [0.717, 1.165) is 23.1 Å². The maximum Gasteiger partial charge on any atom is 0.253 e. The zero-order valence-corrected chi connectivity index (χ0v) is 12.2. The van der Waals surface area contributed by atoms with Crippen LogP contribution in [0.1, 0.15) is 35.1 Å². The van der Waals surface area contributed by atoms with E-state index >= 15 is 0 Å². The van der Waals surface area contributed by atoms with Gasteiger partial charge in [-0.3, -0.25) is 9.78 Å². The van der Waals surface area contributed by atoms with Crippen LogP contribution < -0.4 is 5.32 Å². The quantitative estimate of drug-likeness (QED) is 0.850. The van der Waals surface area contributed by atoms with Gasteiger partial charge in [0.1, 0.15) is 0 Å². The summed E-state index contributed by atoms with van der Waals surface area (Å²) in [5, 5.41) is 3.91. The number of rotatable bonds is 5. The van der Waals surface area contributed by atoms with Crippen LogP contribution in [0.2, 0.25) is 0 Å². The largest absolute Gasteiger partial charge is 0.352 e. The zero-order chi connectivity index (χ0) is 12.8. The number of nitrogens with one attached hydrogen (secondary N) is 1. The lowest BCUT2D eigenvalue weighted by atomic mass is 10.1. The number of carbonyl (C=O) groups excluding carboxylic acids is 1. The van der Waals surface area contributed by atoms with Gasteiger partial charge in [0.25, 0.3) is 5.91 Å². The Hall–Kier alpha value is -0.900. The minimum Gasteiger partial charge on any atom is -0.352 e. The van der Waals surface area contributed by atoms with Gasteiger partial charge in [0.2, 0.25) is 0 Å². The predicted octanol–water partition coefficient (Wildman–Crippen LogP) is 2.85. The summed E-state index contributed by atoms with van der Waals surface area (Å²) in [7, 11) is 0. The molecule has 0 bridgehead atoms. The minimum absolute atomic E-state index is 0.0311. The van der Waals surface area contributed by atoms with Crippen molar-refractivity contribution in [3.05, 3.63) is 29.1 Å². The maximum absolute atomic E-state index is 11.9. The molecule has 1 aromatic rings. The van der Waals surface area contributed by atoms with E-state index in [2.05, 4.69) is 33.2 Å². The number of hydrogen-bond donors (Lipinski definition) is 1. The van der Waals surface area contributed by atoms with Gasteiger partial charge in [0.05, 0.1) is 11.3 Å². The van der Waals surface area contributed by atoms with Crippen molar-refractivity contribution >= 4 is 21.8 Å². The van der Waals surface area contributed by atoms with Crippen LogP contribution in [0.25, 0.3) is 0 Å². The molecule has 0 fully saturated rings. The fourth-order valence-corrected chi connectivity index (χ4v) is 2.36. The summed E-state index contributed by atoms with van der Waals surface area (Å²) < 4.78 is 0.